The van der Waals surface area contributed by atoms with E-state index in [2.05, 4.69) is 29.1 Å². The smallest absolute Gasteiger partial charge is 0.272 e. The number of hydrogen-bond donors (Lipinski definition) is 1. The van der Waals surface area contributed by atoms with Crippen LogP contribution >= 0.6 is 0 Å². The third-order valence-electron chi connectivity index (χ3n) is 3.76. The van der Waals surface area contributed by atoms with Crippen LogP contribution in [0.4, 0.5) is 5.95 Å². The lowest BCUT2D eigenvalue weighted by Crippen LogP contribution is -2.38. The predicted octanol–water partition coefficient (Wildman–Crippen LogP) is 2.56. The molecule has 1 fully saturated rings. The van der Waals surface area contributed by atoms with E-state index in [1.165, 1.54) is 0 Å². The minimum absolute atomic E-state index is 0.0258. The summed E-state index contributed by atoms with van der Waals surface area (Å²) in [6, 6.07) is 1.70. The summed E-state index contributed by atoms with van der Waals surface area (Å²) >= 11 is 0. The van der Waals surface area contributed by atoms with Gasteiger partial charge in [-0.1, -0.05) is 20.3 Å². The molecule has 2 rings (SSSR count). The SMILES string of the molecule is CCCCNc1nccc(C(=O)N2CCC(C)CC2)n1. The quantitative estimate of drug-likeness (QED) is 0.840. The van der Waals surface area contributed by atoms with Crippen LogP contribution in [-0.4, -0.2) is 40.4 Å². The third-order valence-corrected chi connectivity index (χ3v) is 3.76. The van der Waals surface area contributed by atoms with Gasteiger partial charge in [-0.15, -0.1) is 0 Å². The Labute approximate surface area is 120 Å². The molecule has 1 N–H and O–H groups in total. The van der Waals surface area contributed by atoms with Crippen LogP contribution in [0, 0.1) is 5.92 Å². The Kier molecular flexibility index (Phi) is 5.32. The molecular weight excluding hydrogens is 252 g/mol. The molecule has 0 spiro atoms. The number of carbonyl (C=O) groups excluding carboxylic acids is 1. The van der Waals surface area contributed by atoms with Crippen LogP contribution in [0.1, 0.15) is 50.0 Å². The maximum absolute atomic E-state index is 12.4. The summed E-state index contributed by atoms with van der Waals surface area (Å²) in [4.78, 5) is 22.8. The molecule has 1 aliphatic rings. The van der Waals surface area contributed by atoms with Crippen molar-refractivity contribution in [2.75, 3.05) is 25.0 Å². The van der Waals surface area contributed by atoms with E-state index in [1.807, 2.05) is 4.90 Å². The first-order valence-corrected chi connectivity index (χ1v) is 7.57. The van der Waals surface area contributed by atoms with Gasteiger partial charge in [-0.25, -0.2) is 9.97 Å². The van der Waals surface area contributed by atoms with Gasteiger partial charge < -0.3 is 10.2 Å². The maximum Gasteiger partial charge on any atom is 0.272 e. The molecule has 0 atom stereocenters. The number of anilines is 1. The molecule has 0 saturated carbocycles. The van der Waals surface area contributed by atoms with Crippen molar-refractivity contribution in [3.63, 3.8) is 0 Å². The van der Waals surface area contributed by atoms with Gasteiger partial charge in [0.05, 0.1) is 0 Å². The Morgan fingerprint density at radius 2 is 2.20 bits per heavy atom. The average Bonchev–Trinajstić information content (AvgIpc) is 2.48. The summed E-state index contributed by atoms with van der Waals surface area (Å²) < 4.78 is 0. The Morgan fingerprint density at radius 1 is 1.45 bits per heavy atom. The summed E-state index contributed by atoms with van der Waals surface area (Å²) in [6.45, 7) is 6.89. The zero-order chi connectivity index (χ0) is 14.4. The zero-order valence-electron chi connectivity index (χ0n) is 12.4. The highest BCUT2D eigenvalue weighted by Gasteiger charge is 2.22. The number of rotatable bonds is 5. The normalized spacial score (nSPS) is 16.2. The Hall–Kier alpha value is -1.65. The first kappa shape index (κ1) is 14.8. The molecule has 0 unspecified atom stereocenters. The number of aromatic nitrogens is 2. The number of likely N-dealkylation sites (tertiary alicyclic amines) is 1. The highest BCUT2D eigenvalue weighted by atomic mass is 16.2. The van der Waals surface area contributed by atoms with E-state index in [4.69, 9.17) is 0 Å². The first-order valence-electron chi connectivity index (χ1n) is 7.57. The van der Waals surface area contributed by atoms with Crippen LogP contribution in [0.15, 0.2) is 12.3 Å². The molecule has 1 saturated heterocycles. The predicted molar refractivity (Wildman–Crippen MR) is 79.7 cm³/mol. The van der Waals surface area contributed by atoms with Crippen LogP contribution in [0.2, 0.25) is 0 Å². The number of hydrogen-bond acceptors (Lipinski definition) is 4. The summed E-state index contributed by atoms with van der Waals surface area (Å²) in [7, 11) is 0. The number of amides is 1. The molecule has 110 valence electrons. The number of piperidine rings is 1. The fourth-order valence-corrected chi connectivity index (χ4v) is 2.31. The zero-order valence-corrected chi connectivity index (χ0v) is 12.4. The molecule has 1 amide bonds. The molecule has 0 aliphatic carbocycles. The van der Waals surface area contributed by atoms with Crippen LogP contribution < -0.4 is 5.32 Å². The average molecular weight is 276 g/mol. The Balaban J connectivity index is 1.97. The molecule has 0 radical (unpaired) electrons. The lowest BCUT2D eigenvalue weighted by atomic mass is 9.99. The standard InChI is InChI=1S/C15H24N4O/c1-3-4-8-16-15-17-9-5-13(18-15)14(20)19-10-6-12(2)7-11-19/h5,9,12H,3-4,6-8,10-11H2,1-2H3,(H,16,17,18). The maximum atomic E-state index is 12.4. The molecule has 5 nitrogen and oxygen atoms in total. The van der Waals surface area contributed by atoms with Gasteiger partial charge in [-0.3, -0.25) is 4.79 Å². The molecule has 5 heteroatoms. The molecule has 1 aliphatic heterocycles. The highest BCUT2D eigenvalue weighted by molar-refractivity contribution is 5.92. The van der Waals surface area contributed by atoms with Crippen LogP contribution in [0.5, 0.6) is 0 Å². The number of nitrogens with zero attached hydrogens (tertiary/aromatic N) is 3. The monoisotopic (exact) mass is 276 g/mol. The van der Waals surface area contributed by atoms with Gasteiger partial charge >= 0.3 is 0 Å². The van der Waals surface area contributed by atoms with E-state index in [-0.39, 0.29) is 5.91 Å². The molecule has 20 heavy (non-hydrogen) atoms. The molecule has 1 aromatic rings. The highest BCUT2D eigenvalue weighted by Crippen LogP contribution is 2.17. The molecule has 1 aromatic heterocycles. The van der Waals surface area contributed by atoms with E-state index in [0.717, 1.165) is 51.2 Å². The van der Waals surface area contributed by atoms with Crippen molar-refractivity contribution in [1.29, 1.82) is 0 Å². The lowest BCUT2D eigenvalue weighted by molar-refractivity contribution is 0.0691. The number of unbranched alkanes of at least 4 members (excludes halogenated alkanes) is 1. The van der Waals surface area contributed by atoms with Crippen molar-refractivity contribution < 1.29 is 4.79 Å². The van der Waals surface area contributed by atoms with Crippen molar-refractivity contribution in [3.05, 3.63) is 18.0 Å². The summed E-state index contributed by atoms with van der Waals surface area (Å²) in [5.41, 5.74) is 0.494. The van der Waals surface area contributed by atoms with Gasteiger partial charge in [0, 0.05) is 25.8 Å². The molecule has 2 heterocycles. The van der Waals surface area contributed by atoms with Gasteiger partial charge in [0.1, 0.15) is 5.69 Å². The van der Waals surface area contributed by atoms with Crippen molar-refractivity contribution in [2.45, 2.75) is 39.5 Å². The second kappa shape index (κ2) is 7.22. The largest absolute Gasteiger partial charge is 0.354 e. The van der Waals surface area contributed by atoms with Crippen molar-refractivity contribution in [1.82, 2.24) is 14.9 Å². The Bertz CT molecular complexity index is 441. The van der Waals surface area contributed by atoms with Crippen molar-refractivity contribution in [2.24, 2.45) is 5.92 Å². The summed E-state index contributed by atoms with van der Waals surface area (Å²) in [5.74, 6) is 1.29. The lowest BCUT2D eigenvalue weighted by Gasteiger charge is -2.30. The minimum atomic E-state index is 0.0258. The van der Waals surface area contributed by atoms with Crippen molar-refractivity contribution >= 4 is 11.9 Å². The van der Waals surface area contributed by atoms with Crippen LogP contribution in [0.3, 0.4) is 0 Å². The minimum Gasteiger partial charge on any atom is -0.354 e. The Morgan fingerprint density at radius 3 is 2.90 bits per heavy atom. The van der Waals surface area contributed by atoms with Gasteiger partial charge in [-0.05, 0) is 31.2 Å². The third kappa shape index (κ3) is 3.92. The van der Waals surface area contributed by atoms with Crippen molar-refractivity contribution in [3.8, 4) is 0 Å². The molecular formula is C15H24N4O. The van der Waals surface area contributed by atoms with Crippen LogP contribution in [-0.2, 0) is 0 Å². The second-order valence-electron chi connectivity index (χ2n) is 5.52. The number of nitrogens with one attached hydrogen (secondary N) is 1. The van der Waals surface area contributed by atoms with Gasteiger partial charge in [0.2, 0.25) is 5.95 Å². The topological polar surface area (TPSA) is 58.1 Å². The van der Waals surface area contributed by atoms with E-state index in [0.29, 0.717) is 11.6 Å². The van der Waals surface area contributed by atoms with E-state index >= 15 is 0 Å². The van der Waals surface area contributed by atoms with Gasteiger partial charge in [0.15, 0.2) is 0 Å². The summed E-state index contributed by atoms with van der Waals surface area (Å²) in [6.07, 6.45) is 6.01. The van der Waals surface area contributed by atoms with Crippen LogP contribution in [0.25, 0.3) is 0 Å². The second-order valence-corrected chi connectivity index (χ2v) is 5.52. The summed E-state index contributed by atoms with van der Waals surface area (Å²) in [5, 5.41) is 3.16. The molecule has 0 bridgehead atoms. The van der Waals surface area contributed by atoms with Gasteiger partial charge in [-0.2, -0.15) is 0 Å². The first-order chi connectivity index (χ1) is 9.70. The fourth-order valence-electron chi connectivity index (χ4n) is 2.31. The molecule has 0 aromatic carbocycles. The van der Waals surface area contributed by atoms with E-state index < -0.39 is 0 Å². The number of carbonyl (C=O) groups is 1. The fraction of sp³-hybridized carbons (Fsp3) is 0.667. The van der Waals surface area contributed by atoms with Gasteiger partial charge in [0.25, 0.3) is 5.91 Å². The van der Waals surface area contributed by atoms with E-state index in [9.17, 15) is 4.79 Å². The van der Waals surface area contributed by atoms with E-state index in [1.54, 1.807) is 12.3 Å².